The molecule has 1 N–H and O–H groups in total. The zero-order chi connectivity index (χ0) is 18.9. The maximum atomic E-state index is 11.7. The van der Waals surface area contributed by atoms with Crippen LogP contribution >= 0.6 is 11.8 Å². The largest absolute Gasteiger partial charge is 0.493 e. The van der Waals surface area contributed by atoms with Gasteiger partial charge in [0, 0.05) is 18.8 Å². The van der Waals surface area contributed by atoms with Crippen molar-refractivity contribution in [3.63, 3.8) is 0 Å². The summed E-state index contributed by atoms with van der Waals surface area (Å²) in [6.45, 7) is 0.438. The molecule has 1 aromatic carbocycles. The fraction of sp³-hybridized carbons (Fsp3) is 0.471. The molecule has 0 spiro atoms. The summed E-state index contributed by atoms with van der Waals surface area (Å²) in [5.74, 6) is 0.960. The van der Waals surface area contributed by atoms with E-state index in [0.29, 0.717) is 36.8 Å². The highest BCUT2D eigenvalue weighted by Gasteiger charge is 2.24. The van der Waals surface area contributed by atoms with Gasteiger partial charge in [-0.2, -0.15) is 0 Å². The van der Waals surface area contributed by atoms with Gasteiger partial charge in [-0.1, -0.05) is 17.8 Å². The van der Waals surface area contributed by atoms with Crippen molar-refractivity contribution in [2.24, 2.45) is 0 Å². The third-order valence-electron chi connectivity index (χ3n) is 3.71. The quantitative estimate of drug-likeness (QED) is 0.639. The molecule has 0 aromatic heterocycles. The molecule has 0 aliphatic carbocycles. The summed E-state index contributed by atoms with van der Waals surface area (Å²) in [4.78, 5) is 36.2. The summed E-state index contributed by atoms with van der Waals surface area (Å²) in [5, 5.41) is 2.54. The molecular weight excluding hydrogens is 360 g/mol. The molecule has 0 saturated carbocycles. The lowest BCUT2D eigenvalue weighted by Crippen LogP contribution is -2.34. The van der Waals surface area contributed by atoms with Gasteiger partial charge in [0.2, 0.25) is 0 Å². The van der Waals surface area contributed by atoms with Gasteiger partial charge < -0.3 is 24.4 Å². The predicted octanol–water partition coefficient (Wildman–Crippen LogP) is 1.07. The molecule has 1 heterocycles. The Morgan fingerprint density at radius 2 is 2.00 bits per heavy atom. The highest BCUT2D eigenvalue weighted by molar-refractivity contribution is 8.13. The van der Waals surface area contributed by atoms with E-state index in [4.69, 9.17) is 14.2 Å². The number of carbonyl (C=O) groups is 3. The summed E-state index contributed by atoms with van der Waals surface area (Å²) in [5.41, 5.74) is 0.977. The van der Waals surface area contributed by atoms with Crippen LogP contribution in [0.5, 0.6) is 11.5 Å². The van der Waals surface area contributed by atoms with Gasteiger partial charge >= 0.3 is 5.97 Å². The first-order chi connectivity index (χ1) is 12.5. The minimum atomic E-state index is -0.587. The van der Waals surface area contributed by atoms with E-state index < -0.39 is 5.97 Å². The van der Waals surface area contributed by atoms with E-state index in [1.807, 2.05) is 12.1 Å². The Balaban J connectivity index is 1.67. The Morgan fingerprint density at radius 3 is 2.65 bits per heavy atom. The van der Waals surface area contributed by atoms with Crippen molar-refractivity contribution in [1.82, 2.24) is 10.2 Å². The first-order valence-electron chi connectivity index (χ1n) is 8.08. The summed E-state index contributed by atoms with van der Waals surface area (Å²) in [7, 11) is 3.13. The minimum Gasteiger partial charge on any atom is -0.493 e. The molecule has 0 bridgehead atoms. The second-order valence-corrected chi connectivity index (χ2v) is 6.53. The fourth-order valence-corrected chi connectivity index (χ4v) is 3.17. The number of hydrogen-bond acceptors (Lipinski definition) is 7. The number of hydrogen-bond donors (Lipinski definition) is 1. The van der Waals surface area contributed by atoms with Crippen LogP contribution in [-0.2, 0) is 20.7 Å². The number of carbonyl (C=O) groups excluding carboxylic acids is 3. The number of thioether (sulfide) groups is 1. The van der Waals surface area contributed by atoms with E-state index in [1.165, 1.54) is 16.7 Å². The summed E-state index contributed by atoms with van der Waals surface area (Å²) < 4.78 is 15.3. The third-order valence-corrected chi connectivity index (χ3v) is 4.60. The van der Waals surface area contributed by atoms with Crippen LogP contribution < -0.4 is 14.8 Å². The van der Waals surface area contributed by atoms with Crippen LogP contribution in [0.1, 0.15) is 5.56 Å². The number of methoxy groups -OCH3 is 2. The smallest absolute Gasteiger partial charge is 0.326 e. The molecular formula is C17H22N2O6S. The molecule has 9 heteroatoms. The molecule has 2 rings (SSSR count). The van der Waals surface area contributed by atoms with Gasteiger partial charge in [-0.3, -0.25) is 14.4 Å². The van der Waals surface area contributed by atoms with Crippen molar-refractivity contribution >= 4 is 28.9 Å². The van der Waals surface area contributed by atoms with Crippen molar-refractivity contribution < 1.29 is 28.6 Å². The number of rotatable bonds is 9. The third kappa shape index (κ3) is 5.83. The zero-order valence-corrected chi connectivity index (χ0v) is 15.6. The van der Waals surface area contributed by atoms with Crippen LogP contribution in [0.4, 0.5) is 4.79 Å². The maximum absolute atomic E-state index is 11.7. The summed E-state index contributed by atoms with van der Waals surface area (Å²) in [6.07, 6.45) is 0.597. The van der Waals surface area contributed by atoms with E-state index in [0.717, 1.165) is 5.56 Å². The molecule has 0 atom stereocenters. The molecule has 1 aromatic rings. The summed E-state index contributed by atoms with van der Waals surface area (Å²) >= 11 is 1.17. The van der Waals surface area contributed by atoms with Gasteiger partial charge in [-0.15, -0.1) is 0 Å². The average molecular weight is 382 g/mol. The van der Waals surface area contributed by atoms with Gasteiger partial charge in [0.15, 0.2) is 18.1 Å². The topological polar surface area (TPSA) is 94.2 Å². The number of amides is 2. The highest BCUT2D eigenvalue weighted by Crippen LogP contribution is 2.27. The number of nitrogens with zero attached hydrogens (tertiary/aromatic N) is 1. The van der Waals surface area contributed by atoms with E-state index in [1.54, 1.807) is 20.3 Å². The van der Waals surface area contributed by atoms with E-state index in [-0.39, 0.29) is 24.3 Å². The number of nitrogens with one attached hydrogen (secondary N) is 1. The van der Waals surface area contributed by atoms with Crippen molar-refractivity contribution in [2.45, 2.75) is 6.42 Å². The predicted molar refractivity (Wildman–Crippen MR) is 96.6 cm³/mol. The monoisotopic (exact) mass is 382 g/mol. The molecule has 2 amide bonds. The summed E-state index contributed by atoms with van der Waals surface area (Å²) in [6, 6.07) is 5.53. The maximum Gasteiger partial charge on any atom is 0.326 e. The van der Waals surface area contributed by atoms with Crippen molar-refractivity contribution in [3.8, 4) is 11.5 Å². The van der Waals surface area contributed by atoms with Crippen molar-refractivity contribution in [3.05, 3.63) is 23.8 Å². The lowest BCUT2D eigenvalue weighted by Gasteiger charge is -2.13. The molecule has 1 fully saturated rings. The lowest BCUT2D eigenvalue weighted by molar-refractivity contribution is -0.148. The highest BCUT2D eigenvalue weighted by atomic mass is 32.2. The molecule has 0 radical (unpaired) electrons. The van der Waals surface area contributed by atoms with Crippen LogP contribution in [-0.4, -0.2) is 68.2 Å². The Bertz CT molecular complexity index is 667. The van der Waals surface area contributed by atoms with E-state index >= 15 is 0 Å². The van der Waals surface area contributed by atoms with Crippen LogP contribution in [0.25, 0.3) is 0 Å². The van der Waals surface area contributed by atoms with Crippen LogP contribution in [0.15, 0.2) is 18.2 Å². The average Bonchev–Trinajstić information content (AvgIpc) is 3.04. The minimum absolute atomic E-state index is 0.120. The van der Waals surface area contributed by atoms with Gasteiger partial charge in [0.1, 0.15) is 6.54 Å². The van der Waals surface area contributed by atoms with Gasteiger partial charge in [0.05, 0.1) is 14.2 Å². The Hall–Kier alpha value is -2.42. The van der Waals surface area contributed by atoms with Crippen LogP contribution in [0.2, 0.25) is 0 Å². The molecule has 1 aliphatic heterocycles. The van der Waals surface area contributed by atoms with Gasteiger partial charge in [0.25, 0.3) is 11.1 Å². The van der Waals surface area contributed by atoms with Crippen molar-refractivity contribution in [2.75, 3.05) is 46.2 Å². The van der Waals surface area contributed by atoms with Crippen molar-refractivity contribution in [1.29, 1.82) is 0 Å². The Morgan fingerprint density at radius 1 is 1.23 bits per heavy atom. The van der Waals surface area contributed by atoms with E-state index in [2.05, 4.69) is 5.32 Å². The standard InChI is InChI=1S/C17H22N2O6S/c1-23-13-4-3-12(9-14(13)24-2)5-6-18-15(20)11-25-16(21)10-19-7-8-26-17(19)22/h3-4,9H,5-8,10-11H2,1-2H3,(H,18,20). The fourth-order valence-electron chi connectivity index (χ4n) is 2.35. The molecule has 0 unspecified atom stereocenters. The number of benzene rings is 1. The second kappa shape index (κ2) is 9.91. The van der Waals surface area contributed by atoms with Crippen LogP contribution in [0.3, 0.4) is 0 Å². The molecule has 26 heavy (non-hydrogen) atoms. The number of ether oxygens (including phenoxy) is 3. The first-order valence-corrected chi connectivity index (χ1v) is 9.07. The van der Waals surface area contributed by atoms with E-state index in [9.17, 15) is 14.4 Å². The molecule has 1 aliphatic rings. The first kappa shape index (κ1) is 19.9. The molecule has 1 saturated heterocycles. The molecule has 142 valence electrons. The Labute approximate surface area is 156 Å². The van der Waals surface area contributed by atoms with Gasteiger partial charge in [-0.25, -0.2) is 0 Å². The Kier molecular flexibility index (Phi) is 7.58. The SMILES string of the molecule is COc1ccc(CCNC(=O)COC(=O)CN2CCSC2=O)cc1OC. The molecule has 8 nitrogen and oxygen atoms in total. The number of esters is 1. The van der Waals surface area contributed by atoms with Crippen LogP contribution in [0, 0.1) is 0 Å². The second-order valence-electron chi connectivity index (χ2n) is 5.49. The normalized spacial score (nSPS) is 13.5. The zero-order valence-electron chi connectivity index (χ0n) is 14.8. The van der Waals surface area contributed by atoms with Gasteiger partial charge in [-0.05, 0) is 24.1 Å². The lowest BCUT2D eigenvalue weighted by atomic mass is 10.1.